The average molecular weight is 307 g/mol. The van der Waals surface area contributed by atoms with Crippen LogP contribution in [-0.4, -0.2) is 4.98 Å². The Bertz CT molecular complexity index is 538. The molecule has 0 aliphatic heterocycles. The van der Waals surface area contributed by atoms with Crippen molar-refractivity contribution in [1.82, 2.24) is 4.98 Å². The number of nitrogens with two attached hydrogens (primary N) is 1. The Morgan fingerprint density at radius 1 is 1.22 bits per heavy atom. The molecule has 0 aliphatic rings. The molecule has 1 aromatic heterocycles. The monoisotopic (exact) mass is 306 g/mol. The number of nitrogens with zero attached hydrogens (tertiary/aromatic N) is 1. The molecule has 0 fully saturated rings. The Morgan fingerprint density at radius 2 is 2.00 bits per heavy atom. The highest BCUT2D eigenvalue weighted by Crippen LogP contribution is 2.32. The van der Waals surface area contributed by atoms with E-state index < -0.39 is 0 Å². The van der Waals surface area contributed by atoms with Gasteiger partial charge in [-0.3, -0.25) is 0 Å². The van der Waals surface area contributed by atoms with E-state index in [-0.39, 0.29) is 0 Å². The molecule has 0 unspecified atom stereocenters. The van der Waals surface area contributed by atoms with Crippen LogP contribution in [0.2, 0.25) is 0 Å². The van der Waals surface area contributed by atoms with E-state index in [4.69, 9.17) is 10.5 Å². The van der Waals surface area contributed by atoms with Gasteiger partial charge in [-0.15, -0.1) is 0 Å². The Labute approximate surface area is 115 Å². The molecule has 1 heterocycles. The van der Waals surface area contributed by atoms with Gasteiger partial charge >= 0.3 is 0 Å². The summed E-state index contributed by atoms with van der Waals surface area (Å²) in [5.74, 6) is 1.75. The van der Waals surface area contributed by atoms with Crippen LogP contribution in [0.3, 0.4) is 0 Å². The molecular formula is C14H15BrN2O. The highest BCUT2D eigenvalue weighted by molar-refractivity contribution is 9.10. The van der Waals surface area contributed by atoms with Crippen LogP contribution in [-0.2, 0) is 0 Å². The summed E-state index contributed by atoms with van der Waals surface area (Å²) in [6, 6.07) is 9.50. The zero-order chi connectivity index (χ0) is 13.1. The van der Waals surface area contributed by atoms with Crippen molar-refractivity contribution in [3.05, 3.63) is 46.6 Å². The Morgan fingerprint density at radius 3 is 2.61 bits per heavy atom. The molecule has 1 aromatic carbocycles. The summed E-state index contributed by atoms with van der Waals surface area (Å²) in [6.07, 6.45) is 1.59. The van der Waals surface area contributed by atoms with Gasteiger partial charge in [0.1, 0.15) is 5.75 Å². The summed E-state index contributed by atoms with van der Waals surface area (Å²) < 4.78 is 6.84. The second kappa shape index (κ2) is 5.40. The molecule has 0 saturated heterocycles. The maximum Gasteiger partial charge on any atom is 0.219 e. The number of pyridine rings is 1. The van der Waals surface area contributed by atoms with Gasteiger partial charge in [-0.05, 0) is 35.7 Å². The molecule has 4 heteroatoms. The van der Waals surface area contributed by atoms with E-state index in [0.29, 0.717) is 17.5 Å². The summed E-state index contributed by atoms with van der Waals surface area (Å²) in [5.41, 5.74) is 7.36. The SMILES string of the molecule is CC(C)c1cc(Br)ccc1Oc1ccc(N)cn1. The van der Waals surface area contributed by atoms with E-state index >= 15 is 0 Å². The fourth-order valence-corrected chi connectivity index (χ4v) is 2.01. The molecule has 2 aromatic rings. The van der Waals surface area contributed by atoms with Gasteiger partial charge in [0.05, 0.1) is 11.9 Å². The van der Waals surface area contributed by atoms with Crippen LogP contribution in [0, 0.1) is 0 Å². The molecule has 2 N–H and O–H groups in total. The summed E-state index contributed by atoms with van der Waals surface area (Å²) >= 11 is 3.47. The first-order valence-electron chi connectivity index (χ1n) is 5.75. The van der Waals surface area contributed by atoms with E-state index in [0.717, 1.165) is 15.8 Å². The molecule has 0 aliphatic carbocycles. The second-order valence-corrected chi connectivity index (χ2v) is 5.28. The molecule has 2 rings (SSSR count). The van der Waals surface area contributed by atoms with Crippen molar-refractivity contribution in [2.75, 3.05) is 5.73 Å². The summed E-state index contributed by atoms with van der Waals surface area (Å²) in [4.78, 5) is 4.14. The number of rotatable bonds is 3. The lowest BCUT2D eigenvalue weighted by molar-refractivity contribution is 0.454. The zero-order valence-electron chi connectivity index (χ0n) is 10.4. The molecule has 18 heavy (non-hydrogen) atoms. The molecule has 0 amide bonds. The van der Waals surface area contributed by atoms with Crippen LogP contribution < -0.4 is 10.5 Å². The third-order valence-electron chi connectivity index (χ3n) is 2.57. The lowest BCUT2D eigenvalue weighted by Crippen LogP contribution is -1.96. The van der Waals surface area contributed by atoms with Gasteiger partial charge in [-0.25, -0.2) is 4.98 Å². The predicted molar refractivity (Wildman–Crippen MR) is 77.0 cm³/mol. The van der Waals surface area contributed by atoms with Gasteiger partial charge in [0.15, 0.2) is 0 Å². The molecular weight excluding hydrogens is 292 g/mol. The van der Waals surface area contributed by atoms with E-state index in [9.17, 15) is 0 Å². The summed E-state index contributed by atoms with van der Waals surface area (Å²) in [7, 11) is 0. The van der Waals surface area contributed by atoms with Crippen molar-refractivity contribution in [3.8, 4) is 11.6 Å². The maximum absolute atomic E-state index is 5.79. The van der Waals surface area contributed by atoms with Crippen LogP contribution in [0.25, 0.3) is 0 Å². The van der Waals surface area contributed by atoms with E-state index in [1.807, 2.05) is 12.1 Å². The minimum atomic E-state index is 0.381. The number of benzene rings is 1. The quantitative estimate of drug-likeness (QED) is 0.917. The second-order valence-electron chi connectivity index (χ2n) is 4.37. The van der Waals surface area contributed by atoms with Crippen molar-refractivity contribution in [3.63, 3.8) is 0 Å². The molecule has 3 nitrogen and oxygen atoms in total. The van der Waals surface area contributed by atoms with Crippen molar-refractivity contribution in [2.45, 2.75) is 19.8 Å². The van der Waals surface area contributed by atoms with Crippen molar-refractivity contribution < 1.29 is 4.74 Å². The van der Waals surface area contributed by atoms with E-state index in [1.165, 1.54) is 0 Å². The number of anilines is 1. The number of hydrogen-bond donors (Lipinski definition) is 1. The van der Waals surface area contributed by atoms with Crippen molar-refractivity contribution in [1.29, 1.82) is 0 Å². The maximum atomic E-state index is 5.79. The number of aromatic nitrogens is 1. The third-order valence-corrected chi connectivity index (χ3v) is 3.06. The Balaban J connectivity index is 2.31. The first kappa shape index (κ1) is 12.9. The van der Waals surface area contributed by atoms with Crippen LogP contribution in [0.15, 0.2) is 41.0 Å². The molecule has 0 atom stereocenters. The smallest absolute Gasteiger partial charge is 0.219 e. The minimum Gasteiger partial charge on any atom is -0.439 e. The number of ether oxygens (including phenoxy) is 1. The summed E-state index contributed by atoms with van der Waals surface area (Å²) in [5, 5.41) is 0. The lowest BCUT2D eigenvalue weighted by Gasteiger charge is -2.13. The first-order chi connectivity index (χ1) is 8.56. The first-order valence-corrected chi connectivity index (χ1v) is 6.54. The highest BCUT2D eigenvalue weighted by atomic mass is 79.9. The Hall–Kier alpha value is -1.55. The fraction of sp³-hybridized carbons (Fsp3) is 0.214. The standard InChI is InChI=1S/C14H15BrN2O/c1-9(2)12-7-10(15)3-5-13(12)18-14-6-4-11(16)8-17-14/h3-9H,16H2,1-2H3. The van der Waals surface area contributed by atoms with Crippen LogP contribution >= 0.6 is 15.9 Å². The third kappa shape index (κ3) is 3.01. The molecule has 94 valence electrons. The fourth-order valence-electron chi connectivity index (χ4n) is 1.63. The highest BCUT2D eigenvalue weighted by Gasteiger charge is 2.09. The van der Waals surface area contributed by atoms with Gasteiger partial charge in [0, 0.05) is 10.5 Å². The van der Waals surface area contributed by atoms with Crippen LogP contribution in [0.1, 0.15) is 25.3 Å². The van der Waals surface area contributed by atoms with Crippen molar-refractivity contribution >= 4 is 21.6 Å². The lowest BCUT2D eigenvalue weighted by atomic mass is 10.0. The number of halogens is 1. The summed E-state index contributed by atoms with van der Waals surface area (Å²) in [6.45, 7) is 4.26. The van der Waals surface area contributed by atoms with Gasteiger partial charge in [-0.2, -0.15) is 0 Å². The minimum absolute atomic E-state index is 0.381. The largest absolute Gasteiger partial charge is 0.439 e. The number of nitrogen functional groups attached to an aromatic ring is 1. The number of hydrogen-bond acceptors (Lipinski definition) is 3. The van der Waals surface area contributed by atoms with Crippen molar-refractivity contribution in [2.24, 2.45) is 0 Å². The molecule has 0 spiro atoms. The van der Waals surface area contributed by atoms with E-state index in [2.05, 4.69) is 40.8 Å². The van der Waals surface area contributed by atoms with Gasteiger partial charge in [-0.1, -0.05) is 29.8 Å². The zero-order valence-corrected chi connectivity index (χ0v) is 11.9. The topological polar surface area (TPSA) is 48.1 Å². The predicted octanol–water partition coefficient (Wildman–Crippen LogP) is 4.34. The normalized spacial score (nSPS) is 10.7. The van der Waals surface area contributed by atoms with Gasteiger partial charge in [0.2, 0.25) is 5.88 Å². The van der Waals surface area contributed by atoms with Crippen LogP contribution in [0.4, 0.5) is 5.69 Å². The molecule has 0 bridgehead atoms. The molecule has 0 radical (unpaired) electrons. The van der Waals surface area contributed by atoms with Gasteiger partial charge < -0.3 is 10.5 Å². The van der Waals surface area contributed by atoms with Gasteiger partial charge in [0.25, 0.3) is 0 Å². The van der Waals surface area contributed by atoms with E-state index in [1.54, 1.807) is 18.3 Å². The molecule has 0 saturated carbocycles. The average Bonchev–Trinajstić information content (AvgIpc) is 2.34. The van der Waals surface area contributed by atoms with Crippen LogP contribution in [0.5, 0.6) is 11.6 Å². The Kier molecular flexibility index (Phi) is 3.87.